The highest BCUT2D eigenvalue weighted by molar-refractivity contribution is 14.1. The van der Waals surface area contributed by atoms with Gasteiger partial charge in [0.2, 0.25) is 0 Å². The molecule has 1 unspecified atom stereocenters. The molecule has 19 heavy (non-hydrogen) atoms. The average Bonchev–Trinajstić information content (AvgIpc) is 2.32. The number of aliphatic hydroxyl groups is 1. The molecule has 2 rings (SSSR count). The molecule has 0 bridgehead atoms. The van der Waals surface area contributed by atoms with Crippen LogP contribution < -0.4 is 0 Å². The van der Waals surface area contributed by atoms with Crippen LogP contribution in [0, 0.1) is 9.39 Å². The molecule has 0 aliphatic rings. The summed E-state index contributed by atoms with van der Waals surface area (Å²) in [6, 6.07) is 9.90. The van der Waals surface area contributed by atoms with Crippen LogP contribution in [-0.2, 0) is 6.42 Å². The van der Waals surface area contributed by atoms with Crippen molar-refractivity contribution in [3.05, 3.63) is 66.4 Å². The topological polar surface area (TPSA) is 20.2 Å². The molecular formula is C14H10BrClFIO. The van der Waals surface area contributed by atoms with Gasteiger partial charge in [0.1, 0.15) is 5.82 Å². The van der Waals surface area contributed by atoms with E-state index in [4.69, 9.17) is 11.6 Å². The Kier molecular flexibility index (Phi) is 5.22. The van der Waals surface area contributed by atoms with E-state index in [1.54, 1.807) is 12.1 Å². The molecule has 0 saturated heterocycles. The Bertz CT molecular complexity index is 606. The summed E-state index contributed by atoms with van der Waals surface area (Å²) in [5, 5.41) is 10.8. The van der Waals surface area contributed by atoms with Crippen LogP contribution in [0.25, 0.3) is 0 Å². The van der Waals surface area contributed by atoms with Crippen LogP contribution in [0.1, 0.15) is 17.2 Å². The molecule has 0 amide bonds. The van der Waals surface area contributed by atoms with E-state index in [2.05, 4.69) is 15.9 Å². The quantitative estimate of drug-likeness (QED) is 0.637. The van der Waals surface area contributed by atoms with E-state index < -0.39 is 6.10 Å². The van der Waals surface area contributed by atoms with Gasteiger partial charge in [0.15, 0.2) is 0 Å². The molecular weight excluding hydrogens is 445 g/mol. The Labute approximate surface area is 138 Å². The normalized spacial score (nSPS) is 12.5. The molecule has 0 saturated carbocycles. The van der Waals surface area contributed by atoms with Crippen molar-refractivity contribution in [3.63, 3.8) is 0 Å². The van der Waals surface area contributed by atoms with Crippen molar-refractivity contribution < 1.29 is 9.50 Å². The van der Waals surface area contributed by atoms with Gasteiger partial charge < -0.3 is 5.11 Å². The Morgan fingerprint density at radius 3 is 2.63 bits per heavy atom. The number of hydrogen-bond donors (Lipinski definition) is 1. The highest BCUT2D eigenvalue weighted by atomic mass is 127. The molecule has 0 aliphatic carbocycles. The summed E-state index contributed by atoms with van der Waals surface area (Å²) >= 11 is 11.5. The second-order valence-corrected chi connectivity index (χ2v) is 6.61. The van der Waals surface area contributed by atoms with Gasteiger partial charge in [-0.15, -0.1) is 0 Å². The maximum Gasteiger partial charge on any atom is 0.124 e. The molecule has 0 aromatic heterocycles. The molecule has 2 aromatic carbocycles. The van der Waals surface area contributed by atoms with Crippen LogP contribution in [0.15, 0.2) is 40.9 Å². The first kappa shape index (κ1) is 15.2. The zero-order valence-electron chi connectivity index (χ0n) is 9.71. The van der Waals surface area contributed by atoms with E-state index >= 15 is 0 Å². The Morgan fingerprint density at radius 1 is 1.26 bits per heavy atom. The van der Waals surface area contributed by atoms with Crippen molar-refractivity contribution >= 4 is 50.1 Å². The van der Waals surface area contributed by atoms with Crippen molar-refractivity contribution in [2.75, 3.05) is 0 Å². The number of halogens is 4. The highest BCUT2D eigenvalue weighted by Crippen LogP contribution is 2.28. The van der Waals surface area contributed by atoms with Gasteiger partial charge in [0.05, 0.1) is 6.10 Å². The molecule has 0 aliphatic heterocycles. The van der Waals surface area contributed by atoms with Gasteiger partial charge in [-0.25, -0.2) is 4.39 Å². The van der Waals surface area contributed by atoms with Gasteiger partial charge in [-0.2, -0.15) is 0 Å². The first-order valence-corrected chi connectivity index (χ1v) is 7.79. The van der Waals surface area contributed by atoms with Crippen LogP contribution in [0.2, 0.25) is 5.02 Å². The minimum absolute atomic E-state index is 0.304. The zero-order chi connectivity index (χ0) is 14.0. The van der Waals surface area contributed by atoms with E-state index in [1.807, 2.05) is 34.7 Å². The molecule has 0 radical (unpaired) electrons. The maximum absolute atomic E-state index is 13.0. The molecule has 0 spiro atoms. The fraction of sp³-hybridized carbons (Fsp3) is 0.143. The van der Waals surface area contributed by atoms with Crippen LogP contribution in [0.4, 0.5) is 4.39 Å². The molecule has 100 valence electrons. The van der Waals surface area contributed by atoms with Crippen molar-refractivity contribution in [2.24, 2.45) is 0 Å². The molecule has 0 heterocycles. The van der Waals surface area contributed by atoms with Crippen LogP contribution in [0.3, 0.4) is 0 Å². The van der Waals surface area contributed by atoms with Crippen LogP contribution >= 0.6 is 50.1 Å². The van der Waals surface area contributed by atoms with E-state index in [1.165, 1.54) is 12.1 Å². The summed E-state index contributed by atoms with van der Waals surface area (Å²) in [4.78, 5) is 0. The third-order valence-electron chi connectivity index (χ3n) is 2.75. The Morgan fingerprint density at radius 2 is 2.00 bits per heavy atom. The van der Waals surface area contributed by atoms with Gasteiger partial charge in [0.25, 0.3) is 0 Å². The lowest BCUT2D eigenvalue weighted by atomic mass is 10.0. The first-order valence-electron chi connectivity index (χ1n) is 5.54. The van der Waals surface area contributed by atoms with Gasteiger partial charge in [-0.1, -0.05) is 39.7 Å². The largest absolute Gasteiger partial charge is 0.388 e. The smallest absolute Gasteiger partial charge is 0.124 e. The number of aliphatic hydroxyl groups excluding tert-OH is 1. The summed E-state index contributed by atoms with van der Waals surface area (Å²) in [6.07, 6.45) is -0.306. The van der Waals surface area contributed by atoms with Crippen LogP contribution in [0.5, 0.6) is 0 Å². The van der Waals surface area contributed by atoms with Crippen LogP contribution in [-0.4, -0.2) is 5.11 Å². The van der Waals surface area contributed by atoms with E-state index in [0.29, 0.717) is 20.6 Å². The van der Waals surface area contributed by atoms with E-state index in [-0.39, 0.29) is 5.82 Å². The Balaban J connectivity index is 2.23. The predicted molar refractivity (Wildman–Crippen MR) is 86.9 cm³/mol. The minimum atomic E-state index is -0.703. The zero-order valence-corrected chi connectivity index (χ0v) is 14.2. The summed E-state index contributed by atoms with van der Waals surface area (Å²) in [6.45, 7) is 0. The predicted octanol–water partition coefficient (Wildman–Crippen LogP) is 5.12. The fourth-order valence-corrected chi connectivity index (χ4v) is 3.36. The lowest BCUT2D eigenvalue weighted by Gasteiger charge is -2.14. The molecule has 0 fully saturated rings. The third-order valence-corrected chi connectivity index (χ3v) is 4.53. The SMILES string of the molecule is OC(Cc1ccc(Br)cc1Cl)c1ccc(F)cc1I. The van der Waals surface area contributed by atoms with Gasteiger partial charge >= 0.3 is 0 Å². The monoisotopic (exact) mass is 454 g/mol. The first-order chi connectivity index (χ1) is 8.97. The van der Waals surface area contributed by atoms with Crippen molar-refractivity contribution in [1.29, 1.82) is 0 Å². The minimum Gasteiger partial charge on any atom is -0.388 e. The second-order valence-electron chi connectivity index (χ2n) is 4.12. The lowest BCUT2D eigenvalue weighted by Crippen LogP contribution is -2.04. The molecule has 1 N–H and O–H groups in total. The van der Waals surface area contributed by atoms with Gasteiger partial charge in [0, 0.05) is 19.5 Å². The second kappa shape index (κ2) is 6.52. The Hall–Kier alpha value is -0.170. The van der Waals surface area contributed by atoms with Crippen molar-refractivity contribution in [3.8, 4) is 0 Å². The average molecular weight is 455 g/mol. The number of hydrogen-bond acceptors (Lipinski definition) is 1. The van der Waals surface area contributed by atoms with E-state index in [0.717, 1.165) is 10.0 Å². The standard InChI is InChI=1S/C14H10BrClFIO/c15-9-2-1-8(12(16)6-9)5-14(19)11-4-3-10(17)7-13(11)18/h1-4,6-7,14,19H,5H2. The maximum atomic E-state index is 13.0. The summed E-state index contributed by atoms with van der Waals surface area (Å²) < 4.78 is 14.6. The summed E-state index contributed by atoms with van der Waals surface area (Å²) in [5.74, 6) is -0.304. The highest BCUT2D eigenvalue weighted by Gasteiger charge is 2.14. The lowest BCUT2D eigenvalue weighted by molar-refractivity contribution is 0.177. The third kappa shape index (κ3) is 3.90. The number of benzene rings is 2. The molecule has 2 aromatic rings. The van der Waals surface area contributed by atoms with E-state index in [9.17, 15) is 9.50 Å². The number of rotatable bonds is 3. The molecule has 1 nitrogen and oxygen atoms in total. The summed E-state index contributed by atoms with van der Waals surface area (Å²) in [7, 11) is 0. The molecule has 5 heteroatoms. The molecule has 1 atom stereocenters. The van der Waals surface area contributed by atoms with Crippen molar-refractivity contribution in [1.82, 2.24) is 0 Å². The van der Waals surface area contributed by atoms with Gasteiger partial charge in [-0.3, -0.25) is 0 Å². The van der Waals surface area contributed by atoms with Crippen molar-refractivity contribution in [2.45, 2.75) is 12.5 Å². The fourth-order valence-electron chi connectivity index (χ4n) is 1.78. The van der Waals surface area contributed by atoms with Gasteiger partial charge in [-0.05, 0) is 58.0 Å². The summed E-state index contributed by atoms with van der Waals surface area (Å²) in [5.41, 5.74) is 1.57.